The van der Waals surface area contributed by atoms with E-state index in [0.29, 0.717) is 0 Å². The summed E-state index contributed by atoms with van der Waals surface area (Å²) >= 11 is 0. The lowest BCUT2D eigenvalue weighted by atomic mass is 10.0. The van der Waals surface area contributed by atoms with Crippen molar-refractivity contribution in [1.29, 1.82) is 0 Å². The molecule has 1 aromatic carbocycles. The van der Waals surface area contributed by atoms with E-state index in [1.54, 1.807) is 0 Å². The summed E-state index contributed by atoms with van der Waals surface area (Å²) in [5.41, 5.74) is 9.55. The highest BCUT2D eigenvalue weighted by atomic mass is 16.4. The lowest BCUT2D eigenvalue weighted by Gasteiger charge is -2.03. The molecule has 15 heavy (non-hydrogen) atoms. The van der Waals surface area contributed by atoms with Gasteiger partial charge in [0.25, 0.3) is 0 Å². The summed E-state index contributed by atoms with van der Waals surface area (Å²) < 4.78 is 0. The van der Waals surface area contributed by atoms with Crippen LogP contribution in [0.2, 0.25) is 0 Å². The van der Waals surface area contributed by atoms with E-state index in [2.05, 4.69) is 0 Å². The van der Waals surface area contributed by atoms with Gasteiger partial charge in [0.05, 0.1) is 16.7 Å². The average Bonchev–Trinajstić information content (AvgIpc) is 2.16. The second-order valence-electron chi connectivity index (χ2n) is 2.79. The molecule has 1 aromatic rings. The van der Waals surface area contributed by atoms with Crippen LogP contribution in [0.3, 0.4) is 0 Å². The van der Waals surface area contributed by atoms with Crippen molar-refractivity contribution in [2.45, 2.75) is 0 Å². The average molecular weight is 208 g/mol. The van der Waals surface area contributed by atoms with Crippen molar-refractivity contribution in [1.82, 2.24) is 0 Å². The fraction of sp³-hybridized carbons (Fsp3) is 0. The molecule has 0 aliphatic heterocycles. The topological polar surface area (TPSA) is 123 Å². The number of carbonyl (C=O) groups is 3. The molecule has 78 valence electrons. The molecule has 0 fully saturated rings. The first-order valence-corrected chi connectivity index (χ1v) is 3.90. The van der Waals surface area contributed by atoms with Gasteiger partial charge in [-0.15, -0.1) is 0 Å². The zero-order valence-electron chi connectivity index (χ0n) is 7.56. The number of nitrogens with two attached hydrogens (primary N) is 2. The third-order valence-electron chi connectivity index (χ3n) is 1.80. The molecule has 6 nitrogen and oxygen atoms in total. The molecule has 0 heterocycles. The first kappa shape index (κ1) is 10.7. The van der Waals surface area contributed by atoms with Crippen molar-refractivity contribution >= 4 is 17.8 Å². The number of benzene rings is 1. The fourth-order valence-electron chi connectivity index (χ4n) is 1.10. The molecule has 0 aliphatic carbocycles. The second kappa shape index (κ2) is 3.79. The van der Waals surface area contributed by atoms with Gasteiger partial charge in [0, 0.05) is 0 Å². The fourth-order valence-corrected chi connectivity index (χ4v) is 1.10. The maximum atomic E-state index is 10.9. The van der Waals surface area contributed by atoms with Gasteiger partial charge in [-0.2, -0.15) is 0 Å². The Morgan fingerprint density at radius 1 is 1.00 bits per heavy atom. The lowest BCUT2D eigenvalue weighted by molar-refractivity contribution is 0.0696. The van der Waals surface area contributed by atoms with Crippen LogP contribution in [0.4, 0.5) is 0 Å². The van der Waals surface area contributed by atoms with Crippen molar-refractivity contribution in [3.05, 3.63) is 34.9 Å². The predicted molar refractivity (Wildman–Crippen MR) is 50.4 cm³/mol. The third kappa shape index (κ3) is 2.11. The molecule has 0 aromatic heterocycles. The van der Waals surface area contributed by atoms with Crippen LogP contribution in [-0.4, -0.2) is 22.9 Å². The van der Waals surface area contributed by atoms with Crippen molar-refractivity contribution in [2.75, 3.05) is 0 Å². The predicted octanol–water partition coefficient (Wildman–Crippen LogP) is -0.417. The van der Waals surface area contributed by atoms with Crippen LogP contribution < -0.4 is 11.5 Å². The van der Waals surface area contributed by atoms with Crippen molar-refractivity contribution in [3.63, 3.8) is 0 Å². The molecule has 1 rings (SSSR count). The summed E-state index contributed by atoms with van der Waals surface area (Å²) in [6, 6.07) is 3.35. The zero-order chi connectivity index (χ0) is 11.6. The van der Waals surface area contributed by atoms with E-state index in [0.717, 1.165) is 12.1 Å². The largest absolute Gasteiger partial charge is 0.478 e. The summed E-state index contributed by atoms with van der Waals surface area (Å²) in [6.45, 7) is 0. The number of hydrogen-bond acceptors (Lipinski definition) is 3. The molecule has 0 saturated heterocycles. The van der Waals surface area contributed by atoms with E-state index >= 15 is 0 Å². The van der Waals surface area contributed by atoms with Crippen LogP contribution in [-0.2, 0) is 0 Å². The molecule has 0 atom stereocenters. The van der Waals surface area contributed by atoms with Crippen molar-refractivity contribution < 1.29 is 19.5 Å². The molecular weight excluding hydrogens is 200 g/mol. The van der Waals surface area contributed by atoms with Gasteiger partial charge in [0.15, 0.2) is 0 Å². The normalized spacial score (nSPS) is 9.60. The van der Waals surface area contributed by atoms with E-state index < -0.39 is 17.8 Å². The molecule has 0 unspecified atom stereocenters. The number of hydrogen-bond donors (Lipinski definition) is 3. The van der Waals surface area contributed by atoms with Gasteiger partial charge in [-0.3, -0.25) is 9.59 Å². The third-order valence-corrected chi connectivity index (χ3v) is 1.80. The Morgan fingerprint density at radius 2 is 1.53 bits per heavy atom. The highest BCUT2D eigenvalue weighted by Gasteiger charge is 2.15. The smallest absolute Gasteiger partial charge is 0.335 e. The van der Waals surface area contributed by atoms with Gasteiger partial charge in [0.2, 0.25) is 11.8 Å². The molecule has 2 amide bonds. The molecule has 0 radical (unpaired) electrons. The van der Waals surface area contributed by atoms with Gasteiger partial charge in [-0.25, -0.2) is 4.79 Å². The Hall–Kier alpha value is -2.37. The van der Waals surface area contributed by atoms with Gasteiger partial charge < -0.3 is 16.6 Å². The Morgan fingerprint density at radius 3 is 1.93 bits per heavy atom. The Balaban J connectivity index is 3.40. The highest BCUT2D eigenvalue weighted by molar-refractivity contribution is 6.07. The van der Waals surface area contributed by atoms with Crippen LogP contribution in [0.1, 0.15) is 31.1 Å². The number of aromatic carboxylic acids is 1. The van der Waals surface area contributed by atoms with Crippen molar-refractivity contribution in [3.8, 4) is 0 Å². The van der Waals surface area contributed by atoms with Crippen LogP contribution in [0.5, 0.6) is 0 Å². The molecule has 6 heteroatoms. The Bertz CT molecular complexity index is 453. The molecular formula is C9H8N2O4. The SMILES string of the molecule is NC(=O)c1ccc(C(=O)O)cc1C(N)=O. The van der Waals surface area contributed by atoms with E-state index in [1.807, 2.05) is 0 Å². The summed E-state index contributed by atoms with van der Waals surface area (Å²) in [6.07, 6.45) is 0. The van der Waals surface area contributed by atoms with Gasteiger partial charge in [-0.1, -0.05) is 0 Å². The first-order valence-electron chi connectivity index (χ1n) is 3.90. The lowest BCUT2D eigenvalue weighted by Crippen LogP contribution is -2.21. The number of rotatable bonds is 3. The van der Waals surface area contributed by atoms with Crippen molar-refractivity contribution in [2.24, 2.45) is 11.5 Å². The van der Waals surface area contributed by atoms with Gasteiger partial charge >= 0.3 is 5.97 Å². The summed E-state index contributed by atoms with van der Waals surface area (Å²) in [4.78, 5) is 32.4. The maximum absolute atomic E-state index is 10.9. The van der Waals surface area contributed by atoms with Crippen LogP contribution in [0, 0.1) is 0 Å². The van der Waals surface area contributed by atoms with Crippen LogP contribution >= 0.6 is 0 Å². The number of carboxylic acid groups (broad SMARTS) is 1. The minimum Gasteiger partial charge on any atom is -0.478 e. The van der Waals surface area contributed by atoms with Crippen LogP contribution in [0.15, 0.2) is 18.2 Å². The summed E-state index contributed by atoms with van der Waals surface area (Å²) in [5.74, 6) is -2.94. The second-order valence-corrected chi connectivity index (χ2v) is 2.79. The summed E-state index contributed by atoms with van der Waals surface area (Å²) in [7, 11) is 0. The number of amides is 2. The highest BCUT2D eigenvalue weighted by Crippen LogP contribution is 2.11. The Labute approximate surface area is 84.5 Å². The van der Waals surface area contributed by atoms with E-state index in [-0.39, 0.29) is 16.7 Å². The number of carbonyl (C=O) groups excluding carboxylic acids is 2. The molecule has 0 aliphatic rings. The van der Waals surface area contributed by atoms with Crippen LogP contribution in [0.25, 0.3) is 0 Å². The van der Waals surface area contributed by atoms with E-state index in [9.17, 15) is 14.4 Å². The number of primary amides is 2. The molecule has 0 saturated carbocycles. The van der Waals surface area contributed by atoms with Gasteiger partial charge in [-0.05, 0) is 18.2 Å². The van der Waals surface area contributed by atoms with E-state index in [4.69, 9.17) is 16.6 Å². The Kier molecular flexibility index (Phi) is 2.70. The minimum absolute atomic E-state index is 0.0903. The molecule has 5 N–H and O–H groups in total. The monoisotopic (exact) mass is 208 g/mol. The first-order chi connectivity index (χ1) is 6.93. The molecule has 0 spiro atoms. The van der Waals surface area contributed by atoms with E-state index in [1.165, 1.54) is 6.07 Å². The number of carboxylic acids is 1. The van der Waals surface area contributed by atoms with Gasteiger partial charge in [0.1, 0.15) is 0 Å². The standard InChI is InChI=1S/C9H8N2O4/c10-7(12)5-2-1-4(9(14)15)3-6(5)8(11)13/h1-3H,(H2,10,12)(H2,11,13)(H,14,15). The maximum Gasteiger partial charge on any atom is 0.335 e. The molecule has 0 bridgehead atoms. The quantitative estimate of drug-likeness (QED) is 0.624. The zero-order valence-corrected chi connectivity index (χ0v) is 7.56. The minimum atomic E-state index is -1.21. The summed E-state index contributed by atoms with van der Waals surface area (Å²) in [5, 5.41) is 8.65.